The number of hydrogen-bond acceptors (Lipinski definition) is 5. The van der Waals surface area contributed by atoms with E-state index in [1.807, 2.05) is 38.1 Å². The molecule has 1 amide bonds. The van der Waals surface area contributed by atoms with Gasteiger partial charge < -0.3 is 10.3 Å². The summed E-state index contributed by atoms with van der Waals surface area (Å²) in [5.74, 6) is -0.0174. The van der Waals surface area contributed by atoms with E-state index < -0.39 is 0 Å². The molecule has 0 aliphatic rings. The molecule has 24 heavy (non-hydrogen) atoms. The summed E-state index contributed by atoms with van der Waals surface area (Å²) in [7, 11) is 0. The van der Waals surface area contributed by atoms with Gasteiger partial charge in [0.2, 0.25) is 5.91 Å². The van der Waals surface area contributed by atoms with Crippen LogP contribution in [0.5, 0.6) is 0 Å². The van der Waals surface area contributed by atoms with Crippen LogP contribution in [0.3, 0.4) is 0 Å². The molecule has 0 unspecified atom stereocenters. The first-order chi connectivity index (χ1) is 11.5. The number of benzene rings is 1. The Morgan fingerprint density at radius 2 is 2.17 bits per heavy atom. The molecule has 0 saturated heterocycles. The first-order valence-electron chi connectivity index (χ1n) is 7.46. The van der Waals surface area contributed by atoms with Gasteiger partial charge in [-0.1, -0.05) is 12.1 Å². The Hall–Kier alpha value is -2.32. The molecule has 3 aromatic rings. The SMILES string of the molecule is Cc1[nH]c(=S)sc1CC(=O)N[C@@H](C)c1ccc(-n2cncn2)cc1. The molecule has 2 heterocycles. The van der Waals surface area contributed by atoms with Gasteiger partial charge in [-0.05, 0) is 43.8 Å². The van der Waals surface area contributed by atoms with Crippen LogP contribution in [0.1, 0.15) is 29.1 Å². The maximum atomic E-state index is 12.2. The monoisotopic (exact) mass is 359 g/mol. The van der Waals surface area contributed by atoms with Gasteiger partial charge in [-0.15, -0.1) is 11.3 Å². The number of hydrogen-bond donors (Lipinski definition) is 2. The van der Waals surface area contributed by atoms with Crippen molar-refractivity contribution < 1.29 is 4.79 Å². The van der Waals surface area contributed by atoms with E-state index in [4.69, 9.17) is 12.2 Å². The van der Waals surface area contributed by atoms with E-state index >= 15 is 0 Å². The van der Waals surface area contributed by atoms with Gasteiger partial charge in [0.25, 0.3) is 0 Å². The fourth-order valence-corrected chi connectivity index (χ4v) is 3.67. The van der Waals surface area contributed by atoms with Crippen molar-refractivity contribution in [3.05, 3.63) is 57.0 Å². The van der Waals surface area contributed by atoms with Gasteiger partial charge in [-0.2, -0.15) is 5.10 Å². The molecule has 0 bridgehead atoms. The van der Waals surface area contributed by atoms with Crippen molar-refractivity contribution in [2.75, 3.05) is 0 Å². The second-order valence-electron chi connectivity index (χ2n) is 5.46. The van der Waals surface area contributed by atoms with Gasteiger partial charge in [0.15, 0.2) is 3.95 Å². The molecule has 0 spiro atoms. The molecule has 2 aromatic heterocycles. The molecule has 0 radical (unpaired) electrons. The number of aromatic nitrogens is 4. The largest absolute Gasteiger partial charge is 0.349 e. The number of H-pyrrole nitrogens is 1. The van der Waals surface area contributed by atoms with Crippen molar-refractivity contribution >= 4 is 29.5 Å². The van der Waals surface area contributed by atoms with Crippen LogP contribution in [0.15, 0.2) is 36.9 Å². The molecule has 124 valence electrons. The molecule has 8 heteroatoms. The van der Waals surface area contributed by atoms with Crippen molar-refractivity contribution in [2.45, 2.75) is 26.3 Å². The van der Waals surface area contributed by atoms with Crippen molar-refractivity contribution in [1.29, 1.82) is 0 Å². The highest BCUT2D eigenvalue weighted by atomic mass is 32.1. The van der Waals surface area contributed by atoms with E-state index in [9.17, 15) is 4.79 Å². The zero-order chi connectivity index (χ0) is 17.1. The molecule has 2 N–H and O–H groups in total. The molecule has 0 aliphatic carbocycles. The molecule has 0 saturated carbocycles. The summed E-state index contributed by atoms with van der Waals surface area (Å²) in [5, 5.41) is 7.11. The van der Waals surface area contributed by atoms with E-state index in [2.05, 4.69) is 20.4 Å². The topological polar surface area (TPSA) is 75.6 Å². The number of nitrogens with zero attached hydrogens (tertiary/aromatic N) is 3. The minimum atomic E-state index is -0.0745. The van der Waals surface area contributed by atoms with Crippen molar-refractivity contribution in [3.8, 4) is 5.69 Å². The van der Waals surface area contributed by atoms with Crippen LogP contribution < -0.4 is 5.32 Å². The summed E-state index contributed by atoms with van der Waals surface area (Å²) in [6, 6.07) is 7.79. The minimum absolute atomic E-state index is 0.0174. The Labute approximate surface area is 148 Å². The van der Waals surface area contributed by atoms with Crippen molar-refractivity contribution in [1.82, 2.24) is 25.1 Å². The first kappa shape index (κ1) is 16.5. The van der Waals surface area contributed by atoms with E-state index in [0.29, 0.717) is 10.4 Å². The maximum Gasteiger partial charge on any atom is 0.225 e. The Kier molecular flexibility index (Phi) is 4.86. The van der Waals surface area contributed by atoms with Crippen LogP contribution in [-0.4, -0.2) is 25.7 Å². The normalized spacial score (nSPS) is 12.1. The number of carbonyl (C=O) groups excluding carboxylic acids is 1. The van der Waals surface area contributed by atoms with Gasteiger partial charge in [0, 0.05) is 10.6 Å². The van der Waals surface area contributed by atoms with Gasteiger partial charge in [-0.25, -0.2) is 9.67 Å². The number of aromatic amines is 1. The van der Waals surface area contributed by atoms with E-state index in [1.165, 1.54) is 17.7 Å². The van der Waals surface area contributed by atoms with Crippen LogP contribution in [0.2, 0.25) is 0 Å². The molecule has 0 fully saturated rings. The van der Waals surface area contributed by atoms with Crippen LogP contribution in [0, 0.1) is 10.9 Å². The smallest absolute Gasteiger partial charge is 0.225 e. The van der Waals surface area contributed by atoms with E-state index in [0.717, 1.165) is 21.8 Å². The lowest BCUT2D eigenvalue weighted by atomic mass is 10.1. The number of amides is 1. The highest BCUT2D eigenvalue weighted by molar-refractivity contribution is 7.73. The molecular weight excluding hydrogens is 342 g/mol. The number of nitrogens with one attached hydrogen (secondary N) is 2. The second kappa shape index (κ2) is 7.06. The Morgan fingerprint density at radius 1 is 1.42 bits per heavy atom. The molecular formula is C16H17N5OS2. The first-order valence-corrected chi connectivity index (χ1v) is 8.68. The van der Waals surface area contributed by atoms with E-state index in [-0.39, 0.29) is 11.9 Å². The van der Waals surface area contributed by atoms with Gasteiger partial charge in [-0.3, -0.25) is 4.79 Å². The molecule has 1 atom stereocenters. The van der Waals surface area contributed by atoms with Crippen LogP contribution in [0.25, 0.3) is 5.69 Å². The zero-order valence-corrected chi connectivity index (χ0v) is 14.9. The molecule has 1 aromatic carbocycles. The van der Waals surface area contributed by atoms with Crippen molar-refractivity contribution in [2.24, 2.45) is 0 Å². The Balaban J connectivity index is 1.64. The second-order valence-corrected chi connectivity index (χ2v) is 7.23. The average molecular weight is 359 g/mol. The Bertz CT molecular complexity index is 880. The number of carbonyl (C=O) groups is 1. The highest BCUT2D eigenvalue weighted by Crippen LogP contribution is 2.18. The van der Waals surface area contributed by atoms with Gasteiger partial charge in [0.1, 0.15) is 12.7 Å². The third-order valence-electron chi connectivity index (χ3n) is 3.70. The predicted octanol–water partition coefficient (Wildman–Crippen LogP) is 3.11. The van der Waals surface area contributed by atoms with Crippen LogP contribution >= 0.6 is 23.6 Å². The molecule has 6 nitrogen and oxygen atoms in total. The molecule has 0 aliphatic heterocycles. The fourth-order valence-electron chi connectivity index (χ4n) is 2.38. The summed E-state index contributed by atoms with van der Waals surface area (Å²) in [6.07, 6.45) is 3.48. The fraction of sp³-hybridized carbons (Fsp3) is 0.250. The number of rotatable bonds is 5. The summed E-state index contributed by atoms with van der Waals surface area (Å²) in [5.41, 5.74) is 2.92. The summed E-state index contributed by atoms with van der Waals surface area (Å²) < 4.78 is 2.39. The zero-order valence-electron chi connectivity index (χ0n) is 13.3. The number of aryl methyl sites for hydroxylation is 1. The van der Waals surface area contributed by atoms with Crippen LogP contribution in [-0.2, 0) is 11.2 Å². The van der Waals surface area contributed by atoms with Crippen LogP contribution in [0.4, 0.5) is 0 Å². The lowest BCUT2D eigenvalue weighted by Crippen LogP contribution is -2.28. The summed E-state index contributed by atoms with van der Waals surface area (Å²) in [6.45, 7) is 3.90. The van der Waals surface area contributed by atoms with E-state index in [1.54, 1.807) is 11.0 Å². The standard InChI is InChI=1S/C16H17N5OS2/c1-10(19-15(22)7-14-11(2)20-16(23)24-14)12-3-5-13(6-4-12)21-9-17-8-18-21/h3-6,8-10H,7H2,1-2H3,(H,19,22)(H,20,23)/t10-/m0/s1. The lowest BCUT2D eigenvalue weighted by Gasteiger charge is -2.14. The van der Waals surface area contributed by atoms with Crippen molar-refractivity contribution in [3.63, 3.8) is 0 Å². The average Bonchev–Trinajstić information content (AvgIpc) is 3.18. The highest BCUT2D eigenvalue weighted by Gasteiger charge is 2.13. The lowest BCUT2D eigenvalue weighted by molar-refractivity contribution is -0.121. The quantitative estimate of drug-likeness (QED) is 0.686. The third-order valence-corrected chi connectivity index (χ3v) is 5.04. The predicted molar refractivity (Wildman–Crippen MR) is 95.9 cm³/mol. The Morgan fingerprint density at radius 3 is 2.75 bits per heavy atom. The summed E-state index contributed by atoms with van der Waals surface area (Å²) in [4.78, 5) is 20.2. The third kappa shape index (κ3) is 3.77. The summed E-state index contributed by atoms with van der Waals surface area (Å²) >= 11 is 6.55. The van der Waals surface area contributed by atoms with Gasteiger partial charge in [0.05, 0.1) is 18.2 Å². The minimum Gasteiger partial charge on any atom is -0.349 e. The molecule has 3 rings (SSSR count). The maximum absolute atomic E-state index is 12.2. The number of thiazole rings is 1. The van der Waals surface area contributed by atoms with Gasteiger partial charge >= 0.3 is 0 Å².